The summed E-state index contributed by atoms with van der Waals surface area (Å²) in [7, 11) is 0. The fourth-order valence-electron chi connectivity index (χ4n) is 3.93. The Morgan fingerprint density at radius 2 is 1.17 bits per heavy atom. The highest BCUT2D eigenvalue weighted by Crippen LogP contribution is 2.09. The van der Waals surface area contributed by atoms with E-state index in [0.717, 1.165) is 51.4 Å². The van der Waals surface area contributed by atoms with E-state index in [-0.39, 0.29) is 12.5 Å². The van der Waals surface area contributed by atoms with Crippen LogP contribution >= 0.6 is 0 Å². The summed E-state index contributed by atoms with van der Waals surface area (Å²) < 4.78 is 0. The van der Waals surface area contributed by atoms with Gasteiger partial charge < -0.3 is 15.5 Å². The number of carbonyl (C=O) groups is 1. The van der Waals surface area contributed by atoms with Crippen molar-refractivity contribution in [2.24, 2.45) is 0 Å². The number of unbranched alkanes of at least 4 members (excludes halogenated alkanes) is 12. The standard InChI is InChI=1S/C32H57NO3/c1-3-5-7-9-11-13-14-15-16-17-18-20-22-24-26-28-32(36)33-30(29-34)31(35)27-25-23-21-19-12-10-8-6-4-2/h11-13,15-16,19,25,27,30-31,34-35H,3-10,14,17-18,20-24,26,28-29H2,1-2H3,(H,33,36)/b13-11-,16-15-,19-12+,27-25+. The minimum atomic E-state index is -0.864. The van der Waals surface area contributed by atoms with Gasteiger partial charge in [-0.3, -0.25) is 4.79 Å². The van der Waals surface area contributed by atoms with E-state index >= 15 is 0 Å². The monoisotopic (exact) mass is 503 g/mol. The van der Waals surface area contributed by atoms with Crippen LogP contribution in [0.25, 0.3) is 0 Å². The molecule has 0 bridgehead atoms. The van der Waals surface area contributed by atoms with E-state index in [2.05, 4.69) is 55.6 Å². The van der Waals surface area contributed by atoms with E-state index in [0.29, 0.717) is 6.42 Å². The highest BCUT2D eigenvalue weighted by molar-refractivity contribution is 5.76. The highest BCUT2D eigenvalue weighted by atomic mass is 16.3. The molecule has 0 saturated carbocycles. The zero-order valence-electron chi connectivity index (χ0n) is 23.5. The van der Waals surface area contributed by atoms with Crippen LogP contribution in [0.4, 0.5) is 0 Å². The van der Waals surface area contributed by atoms with Crippen molar-refractivity contribution in [1.29, 1.82) is 0 Å². The second-order valence-corrected chi connectivity index (χ2v) is 9.80. The molecule has 0 aromatic carbocycles. The first kappa shape index (κ1) is 34.4. The fourth-order valence-corrected chi connectivity index (χ4v) is 3.93. The van der Waals surface area contributed by atoms with Crippen LogP contribution < -0.4 is 5.32 Å². The zero-order chi connectivity index (χ0) is 26.5. The van der Waals surface area contributed by atoms with E-state index in [1.165, 1.54) is 57.8 Å². The molecule has 3 N–H and O–H groups in total. The summed E-state index contributed by atoms with van der Waals surface area (Å²) in [6, 6.07) is -0.642. The third-order valence-corrected chi connectivity index (χ3v) is 6.28. The predicted molar refractivity (Wildman–Crippen MR) is 156 cm³/mol. The van der Waals surface area contributed by atoms with Gasteiger partial charge in [-0.2, -0.15) is 0 Å². The number of aliphatic hydroxyl groups excluding tert-OH is 2. The summed E-state index contributed by atoms with van der Waals surface area (Å²) >= 11 is 0. The van der Waals surface area contributed by atoms with Gasteiger partial charge in [-0.1, -0.05) is 107 Å². The Kier molecular flexibility index (Phi) is 26.6. The lowest BCUT2D eigenvalue weighted by atomic mass is 10.1. The Morgan fingerprint density at radius 3 is 1.78 bits per heavy atom. The molecule has 0 radical (unpaired) electrons. The van der Waals surface area contributed by atoms with Crippen LogP contribution in [0.15, 0.2) is 48.6 Å². The van der Waals surface area contributed by atoms with Crippen LogP contribution in [0.5, 0.6) is 0 Å². The van der Waals surface area contributed by atoms with Gasteiger partial charge in [0.2, 0.25) is 5.91 Å². The van der Waals surface area contributed by atoms with E-state index in [9.17, 15) is 15.0 Å². The minimum absolute atomic E-state index is 0.0952. The first-order chi connectivity index (χ1) is 17.7. The number of aliphatic hydroxyl groups is 2. The molecule has 0 aliphatic heterocycles. The molecule has 0 rings (SSSR count). The van der Waals surface area contributed by atoms with Crippen LogP contribution in [0.1, 0.15) is 129 Å². The van der Waals surface area contributed by atoms with E-state index in [4.69, 9.17) is 0 Å². The van der Waals surface area contributed by atoms with Crippen molar-refractivity contribution in [2.45, 2.75) is 142 Å². The van der Waals surface area contributed by atoms with Crippen molar-refractivity contribution >= 4 is 5.91 Å². The van der Waals surface area contributed by atoms with Crippen molar-refractivity contribution in [2.75, 3.05) is 6.61 Å². The second kappa shape index (κ2) is 27.9. The Hall–Kier alpha value is -1.65. The molecule has 2 unspecified atom stereocenters. The number of hydrogen-bond donors (Lipinski definition) is 3. The van der Waals surface area contributed by atoms with Crippen LogP contribution in [0.3, 0.4) is 0 Å². The lowest BCUT2D eigenvalue weighted by Crippen LogP contribution is -2.45. The molecule has 0 fully saturated rings. The molecule has 2 atom stereocenters. The molecular formula is C32H57NO3. The summed E-state index contributed by atoms with van der Waals surface area (Å²) in [5.74, 6) is -0.0952. The van der Waals surface area contributed by atoms with Gasteiger partial charge in [-0.05, 0) is 64.2 Å². The van der Waals surface area contributed by atoms with Gasteiger partial charge in [0, 0.05) is 6.42 Å². The Bertz CT molecular complexity index is 594. The SMILES string of the molecule is CCCCC/C=C\C/C=C\CCCCCCCC(=O)NC(CO)C(O)/C=C/CC/C=C/CCCCC. The molecule has 208 valence electrons. The maximum Gasteiger partial charge on any atom is 0.220 e. The molecule has 0 aromatic rings. The Morgan fingerprint density at radius 1 is 0.667 bits per heavy atom. The van der Waals surface area contributed by atoms with Gasteiger partial charge in [0.05, 0.1) is 18.8 Å². The van der Waals surface area contributed by atoms with Crippen LogP contribution in [0, 0.1) is 0 Å². The van der Waals surface area contributed by atoms with E-state index in [1.54, 1.807) is 6.08 Å². The second-order valence-electron chi connectivity index (χ2n) is 9.80. The first-order valence-electron chi connectivity index (χ1n) is 14.9. The van der Waals surface area contributed by atoms with Crippen molar-refractivity contribution in [3.8, 4) is 0 Å². The fraction of sp³-hybridized carbons (Fsp3) is 0.719. The molecule has 0 aliphatic carbocycles. The average Bonchev–Trinajstić information content (AvgIpc) is 2.88. The van der Waals surface area contributed by atoms with Crippen molar-refractivity contribution in [3.05, 3.63) is 48.6 Å². The molecule has 0 aromatic heterocycles. The third kappa shape index (κ3) is 24.1. The van der Waals surface area contributed by atoms with E-state index in [1.807, 2.05) is 6.08 Å². The Labute approximate surface area is 223 Å². The highest BCUT2D eigenvalue weighted by Gasteiger charge is 2.17. The van der Waals surface area contributed by atoms with Crippen LogP contribution in [0.2, 0.25) is 0 Å². The molecule has 4 heteroatoms. The van der Waals surface area contributed by atoms with Crippen LogP contribution in [-0.2, 0) is 4.79 Å². The molecule has 36 heavy (non-hydrogen) atoms. The maximum absolute atomic E-state index is 12.2. The predicted octanol–water partition coefficient (Wildman–Crippen LogP) is 8.11. The van der Waals surface area contributed by atoms with Gasteiger partial charge in [0.1, 0.15) is 0 Å². The molecule has 4 nitrogen and oxygen atoms in total. The molecule has 0 heterocycles. The number of rotatable bonds is 25. The van der Waals surface area contributed by atoms with Crippen molar-refractivity contribution in [3.63, 3.8) is 0 Å². The van der Waals surface area contributed by atoms with Gasteiger partial charge in [0.25, 0.3) is 0 Å². The zero-order valence-corrected chi connectivity index (χ0v) is 23.5. The molecule has 0 saturated heterocycles. The number of carbonyl (C=O) groups excluding carboxylic acids is 1. The average molecular weight is 504 g/mol. The van der Waals surface area contributed by atoms with E-state index < -0.39 is 12.1 Å². The van der Waals surface area contributed by atoms with Crippen LogP contribution in [-0.4, -0.2) is 34.9 Å². The summed E-state index contributed by atoms with van der Waals surface area (Å²) in [5, 5.41) is 22.6. The summed E-state index contributed by atoms with van der Waals surface area (Å²) in [6.07, 6.45) is 36.1. The van der Waals surface area contributed by atoms with Gasteiger partial charge >= 0.3 is 0 Å². The lowest BCUT2D eigenvalue weighted by Gasteiger charge is -2.19. The molecule has 0 spiro atoms. The van der Waals surface area contributed by atoms with Gasteiger partial charge in [-0.15, -0.1) is 0 Å². The molecule has 0 aliphatic rings. The summed E-state index contributed by atoms with van der Waals surface area (Å²) in [4.78, 5) is 12.2. The lowest BCUT2D eigenvalue weighted by molar-refractivity contribution is -0.123. The van der Waals surface area contributed by atoms with Gasteiger partial charge in [-0.25, -0.2) is 0 Å². The topological polar surface area (TPSA) is 69.6 Å². The summed E-state index contributed by atoms with van der Waals surface area (Å²) in [5.41, 5.74) is 0. The van der Waals surface area contributed by atoms with Crippen molar-refractivity contribution in [1.82, 2.24) is 5.32 Å². The quantitative estimate of drug-likeness (QED) is 0.0870. The molecular weight excluding hydrogens is 446 g/mol. The number of nitrogens with one attached hydrogen (secondary N) is 1. The largest absolute Gasteiger partial charge is 0.394 e. The first-order valence-corrected chi connectivity index (χ1v) is 14.9. The van der Waals surface area contributed by atoms with Crippen molar-refractivity contribution < 1.29 is 15.0 Å². The normalized spacial score (nSPS) is 14.0. The number of amides is 1. The number of hydrogen-bond acceptors (Lipinski definition) is 3. The molecule has 1 amide bonds. The van der Waals surface area contributed by atoms with Gasteiger partial charge in [0.15, 0.2) is 0 Å². The summed E-state index contributed by atoms with van der Waals surface area (Å²) in [6.45, 7) is 4.18. The smallest absolute Gasteiger partial charge is 0.220 e. The third-order valence-electron chi connectivity index (χ3n) is 6.28. The number of allylic oxidation sites excluding steroid dienone is 7. The maximum atomic E-state index is 12.2. The minimum Gasteiger partial charge on any atom is -0.394 e. The Balaban J connectivity index is 3.77.